The average molecular weight is 147 g/mol. The highest BCUT2D eigenvalue weighted by Gasteiger charge is 2.12. The molecule has 0 bridgehead atoms. The minimum absolute atomic E-state index is 0.0679. The standard InChI is InChI=1S/C6H14N2O2/c1-8-5(6(9)10)3-2-4-7/h5,8H,2-4,7H2,1H3,(H,9,10)/t5-/m0/s1/i1D. The number of carboxylic acid groups (broad SMARTS) is 1. The van der Waals surface area contributed by atoms with Crippen LogP contribution in [-0.2, 0) is 4.79 Å². The zero-order valence-corrected chi connectivity index (χ0v) is 5.84. The van der Waals surface area contributed by atoms with Crippen molar-refractivity contribution in [2.45, 2.75) is 18.9 Å². The number of nitrogens with two attached hydrogens (primary N) is 1. The van der Waals surface area contributed by atoms with Crippen LogP contribution in [0.25, 0.3) is 0 Å². The Balaban J connectivity index is 3.60. The van der Waals surface area contributed by atoms with Gasteiger partial charge in [-0.15, -0.1) is 0 Å². The van der Waals surface area contributed by atoms with E-state index in [0.29, 0.717) is 19.4 Å². The highest BCUT2D eigenvalue weighted by molar-refractivity contribution is 5.73. The van der Waals surface area contributed by atoms with Crippen molar-refractivity contribution in [1.29, 1.82) is 0 Å². The second-order valence-corrected chi connectivity index (χ2v) is 2.03. The van der Waals surface area contributed by atoms with Crippen molar-refractivity contribution in [2.75, 3.05) is 13.6 Å². The van der Waals surface area contributed by atoms with Gasteiger partial charge >= 0.3 is 5.97 Å². The van der Waals surface area contributed by atoms with Crippen LogP contribution in [0.1, 0.15) is 14.2 Å². The van der Waals surface area contributed by atoms with Crippen LogP contribution in [0.15, 0.2) is 0 Å². The van der Waals surface area contributed by atoms with E-state index < -0.39 is 12.0 Å². The van der Waals surface area contributed by atoms with Crippen molar-refractivity contribution in [3.63, 3.8) is 0 Å². The van der Waals surface area contributed by atoms with Gasteiger partial charge in [0.1, 0.15) is 6.04 Å². The summed E-state index contributed by atoms with van der Waals surface area (Å²) in [5.74, 6) is -0.911. The second-order valence-electron chi connectivity index (χ2n) is 2.03. The first-order valence-electron chi connectivity index (χ1n) is 3.88. The van der Waals surface area contributed by atoms with Crippen LogP contribution in [0.5, 0.6) is 0 Å². The second kappa shape index (κ2) is 5.20. The maximum absolute atomic E-state index is 10.4. The number of hydrogen-bond acceptors (Lipinski definition) is 3. The molecule has 0 unspecified atom stereocenters. The van der Waals surface area contributed by atoms with E-state index in [1.807, 2.05) is 0 Å². The van der Waals surface area contributed by atoms with E-state index >= 15 is 0 Å². The van der Waals surface area contributed by atoms with E-state index in [-0.39, 0.29) is 7.02 Å². The molecule has 0 fully saturated rings. The summed E-state index contributed by atoms with van der Waals surface area (Å²) in [6.07, 6.45) is 1.16. The molecule has 0 aromatic carbocycles. The quantitative estimate of drug-likeness (QED) is 0.485. The fourth-order valence-electron chi connectivity index (χ4n) is 0.635. The summed E-state index contributed by atoms with van der Waals surface area (Å²) in [7, 11) is -0.0679. The lowest BCUT2D eigenvalue weighted by atomic mass is 10.1. The maximum Gasteiger partial charge on any atom is 0.320 e. The van der Waals surface area contributed by atoms with Crippen LogP contribution in [0.3, 0.4) is 0 Å². The van der Waals surface area contributed by atoms with Gasteiger partial charge in [0.15, 0.2) is 0 Å². The van der Waals surface area contributed by atoms with E-state index in [4.69, 9.17) is 12.2 Å². The summed E-state index contributed by atoms with van der Waals surface area (Å²) in [6, 6.07) is -0.615. The van der Waals surface area contributed by atoms with Crippen molar-refractivity contribution in [2.24, 2.45) is 5.73 Å². The molecule has 60 valence electrons. The van der Waals surface area contributed by atoms with Gasteiger partial charge in [0, 0.05) is 1.37 Å². The molecular weight excluding hydrogens is 132 g/mol. The van der Waals surface area contributed by atoms with Crippen molar-refractivity contribution in [3.05, 3.63) is 0 Å². The third kappa shape index (κ3) is 3.42. The third-order valence-corrected chi connectivity index (χ3v) is 1.24. The predicted octanol–water partition coefficient (Wildman–Crippen LogP) is -0.602. The normalized spacial score (nSPS) is 14.3. The number of nitrogens with one attached hydrogen (secondary N) is 1. The number of hydrogen-bond donors (Lipinski definition) is 3. The maximum atomic E-state index is 10.4. The van der Waals surface area contributed by atoms with Crippen LogP contribution in [0.4, 0.5) is 0 Å². The summed E-state index contributed by atoms with van der Waals surface area (Å²) in [4.78, 5) is 10.4. The number of carboxylic acids is 1. The summed E-state index contributed by atoms with van der Waals surface area (Å²) in [6.45, 7) is 0.490. The highest BCUT2D eigenvalue weighted by atomic mass is 16.4. The molecule has 0 radical (unpaired) electrons. The molecule has 0 aromatic rings. The molecule has 0 aliphatic heterocycles. The van der Waals surface area contributed by atoms with Crippen LogP contribution < -0.4 is 11.1 Å². The molecule has 0 spiro atoms. The van der Waals surface area contributed by atoms with Gasteiger partial charge < -0.3 is 16.2 Å². The highest BCUT2D eigenvalue weighted by Crippen LogP contribution is 1.94. The number of rotatable bonds is 5. The van der Waals surface area contributed by atoms with Gasteiger partial charge in [-0.1, -0.05) is 0 Å². The fourth-order valence-corrected chi connectivity index (χ4v) is 0.635. The Morgan fingerprint density at radius 3 is 3.10 bits per heavy atom. The third-order valence-electron chi connectivity index (χ3n) is 1.24. The summed E-state index contributed by atoms with van der Waals surface area (Å²) in [5.41, 5.74) is 5.21. The van der Waals surface area contributed by atoms with E-state index in [9.17, 15) is 4.79 Å². The summed E-state index contributed by atoms with van der Waals surface area (Å²) < 4.78 is 6.76. The van der Waals surface area contributed by atoms with E-state index in [1.165, 1.54) is 0 Å². The lowest BCUT2D eigenvalue weighted by Crippen LogP contribution is -2.34. The van der Waals surface area contributed by atoms with Gasteiger partial charge in [-0.25, -0.2) is 0 Å². The molecule has 4 heteroatoms. The molecule has 0 heterocycles. The molecule has 0 aliphatic carbocycles. The molecule has 0 amide bonds. The van der Waals surface area contributed by atoms with Crippen LogP contribution >= 0.6 is 0 Å². The molecule has 0 aliphatic rings. The van der Waals surface area contributed by atoms with Crippen LogP contribution in [0, 0.1) is 0 Å². The Hall–Kier alpha value is -0.610. The fraction of sp³-hybridized carbons (Fsp3) is 0.833. The first-order valence-corrected chi connectivity index (χ1v) is 3.18. The summed E-state index contributed by atoms with van der Waals surface area (Å²) in [5, 5.41) is 11.1. The van der Waals surface area contributed by atoms with Crippen molar-refractivity contribution >= 4 is 5.97 Å². The van der Waals surface area contributed by atoms with Gasteiger partial charge in [0.25, 0.3) is 0 Å². The number of carbonyl (C=O) groups is 1. The first kappa shape index (κ1) is 7.50. The molecule has 10 heavy (non-hydrogen) atoms. The van der Waals surface area contributed by atoms with E-state index in [2.05, 4.69) is 5.32 Å². The Morgan fingerprint density at radius 2 is 2.70 bits per heavy atom. The smallest absolute Gasteiger partial charge is 0.320 e. The molecule has 1 atom stereocenters. The molecule has 0 saturated carbocycles. The van der Waals surface area contributed by atoms with Crippen molar-refractivity contribution < 1.29 is 11.3 Å². The Kier molecular flexibility index (Phi) is 3.90. The van der Waals surface area contributed by atoms with E-state index in [0.717, 1.165) is 0 Å². The monoisotopic (exact) mass is 147 g/mol. The minimum atomic E-state index is -0.911. The summed E-state index contributed by atoms with van der Waals surface area (Å²) >= 11 is 0. The Labute approximate surface area is 61.8 Å². The zero-order valence-electron chi connectivity index (χ0n) is 6.84. The van der Waals surface area contributed by atoms with Gasteiger partial charge in [-0.05, 0) is 26.4 Å². The molecule has 0 saturated heterocycles. The number of likely N-dealkylation sites (N-methyl/N-ethyl adjacent to an activating group) is 1. The zero-order chi connectivity index (χ0) is 8.69. The molecule has 0 rings (SSSR count). The SMILES string of the molecule is [2H]CN[C@@H](CCCN)C(=O)O. The van der Waals surface area contributed by atoms with Crippen LogP contribution in [0.2, 0.25) is 0 Å². The average Bonchev–Trinajstić information content (AvgIpc) is 1.97. The lowest BCUT2D eigenvalue weighted by Gasteiger charge is -2.08. The molecular formula is C6H14N2O2. The van der Waals surface area contributed by atoms with Crippen LogP contribution in [-0.4, -0.2) is 30.7 Å². The van der Waals surface area contributed by atoms with Gasteiger partial charge in [-0.3, -0.25) is 4.79 Å². The first-order chi connectivity index (χ1) is 5.22. The molecule has 4 N–H and O–H groups in total. The molecule has 4 nitrogen and oxygen atoms in total. The topological polar surface area (TPSA) is 75.3 Å². The predicted molar refractivity (Wildman–Crippen MR) is 38.8 cm³/mol. The van der Waals surface area contributed by atoms with Gasteiger partial charge in [0.05, 0.1) is 0 Å². The minimum Gasteiger partial charge on any atom is -0.480 e. The molecule has 0 aromatic heterocycles. The Bertz CT molecular complexity index is 121. The number of aliphatic carboxylic acids is 1. The van der Waals surface area contributed by atoms with E-state index in [1.54, 1.807) is 0 Å². The largest absolute Gasteiger partial charge is 0.480 e. The van der Waals surface area contributed by atoms with Crippen molar-refractivity contribution in [1.82, 2.24) is 5.32 Å². The Morgan fingerprint density at radius 1 is 2.00 bits per heavy atom. The van der Waals surface area contributed by atoms with Gasteiger partial charge in [0.2, 0.25) is 0 Å². The van der Waals surface area contributed by atoms with Crippen molar-refractivity contribution in [3.8, 4) is 0 Å². The van der Waals surface area contributed by atoms with Gasteiger partial charge in [-0.2, -0.15) is 0 Å². The lowest BCUT2D eigenvalue weighted by molar-refractivity contribution is -0.139.